The fraction of sp³-hybridized carbons (Fsp3) is 0.938. The van der Waals surface area contributed by atoms with E-state index in [4.69, 9.17) is 5.11 Å². The van der Waals surface area contributed by atoms with Crippen LogP contribution in [0.1, 0.15) is 65.2 Å². The molecular weight excluding hydrogens is 238 g/mol. The SMILES string of the molecule is CCN(CC(C)C(=O)O)C1CCC2(CCCC2)CC1. The molecule has 2 fully saturated rings. The maximum Gasteiger partial charge on any atom is 0.307 e. The van der Waals surface area contributed by atoms with Gasteiger partial charge in [0.2, 0.25) is 0 Å². The van der Waals surface area contributed by atoms with Crippen LogP contribution in [0.2, 0.25) is 0 Å². The van der Waals surface area contributed by atoms with Gasteiger partial charge in [0.25, 0.3) is 0 Å². The van der Waals surface area contributed by atoms with Gasteiger partial charge in [-0.3, -0.25) is 9.69 Å². The number of carboxylic acid groups (broad SMARTS) is 1. The van der Waals surface area contributed by atoms with Crippen molar-refractivity contribution in [2.45, 2.75) is 71.3 Å². The molecule has 0 amide bonds. The average molecular weight is 267 g/mol. The minimum absolute atomic E-state index is 0.248. The summed E-state index contributed by atoms with van der Waals surface area (Å²) in [5, 5.41) is 9.07. The molecule has 1 unspecified atom stereocenters. The fourth-order valence-electron chi connectivity index (χ4n) is 4.17. The topological polar surface area (TPSA) is 40.5 Å². The highest BCUT2D eigenvalue weighted by Crippen LogP contribution is 2.49. The Balaban J connectivity index is 1.86. The molecule has 1 spiro atoms. The molecule has 3 nitrogen and oxygen atoms in total. The molecule has 0 aromatic rings. The smallest absolute Gasteiger partial charge is 0.307 e. The number of nitrogens with zero attached hydrogens (tertiary/aromatic N) is 1. The van der Waals surface area contributed by atoms with Crippen molar-refractivity contribution in [1.29, 1.82) is 0 Å². The Bertz CT molecular complexity index is 300. The van der Waals surface area contributed by atoms with Crippen LogP contribution in [0.4, 0.5) is 0 Å². The zero-order valence-corrected chi connectivity index (χ0v) is 12.5. The molecular formula is C16H29NO2. The summed E-state index contributed by atoms with van der Waals surface area (Å²) >= 11 is 0. The van der Waals surface area contributed by atoms with Crippen LogP contribution in [0, 0.1) is 11.3 Å². The third kappa shape index (κ3) is 3.50. The molecule has 1 N–H and O–H groups in total. The number of hydrogen-bond acceptors (Lipinski definition) is 2. The Morgan fingerprint density at radius 3 is 2.32 bits per heavy atom. The van der Waals surface area contributed by atoms with E-state index in [1.807, 2.05) is 6.92 Å². The number of carboxylic acids is 1. The summed E-state index contributed by atoms with van der Waals surface area (Å²) in [6.07, 6.45) is 11.0. The summed E-state index contributed by atoms with van der Waals surface area (Å²) in [5.74, 6) is -0.913. The number of carbonyl (C=O) groups is 1. The number of aliphatic carboxylic acids is 1. The van der Waals surface area contributed by atoms with E-state index < -0.39 is 5.97 Å². The lowest BCUT2D eigenvalue weighted by molar-refractivity contribution is -0.142. The van der Waals surface area contributed by atoms with E-state index in [0.29, 0.717) is 18.0 Å². The van der Waals surface area contributed by atoms with Gasteiger partial charge in [-0.1, -0.05) is 26.7 Å². The molecule has 0 heterocycles. The molecule has 0 bridgehead atoms. The van der Waals surface area contributed by atoms with Crippen LogP contribution in [0.15, 0.2) is 0 Å². The molecule has 0 saturated heterocycles. The molecule has 0 aliphatic heterocycles. The van der Waals surface area contributed by atoms with E-state index in [0.717, 1.165) is 6.54 Å². The molecule has 2 aliphatic carbocycles. The standard InChI is InChI=1S/C16H29NO2/c1-3-17(12-13(2)15(18)19)14-6-10-16(11-7-14)8-4-5-9-16/h13-14H,3-12H2,1-2H3,(H,18,19). The van der Waals surface area contributed by atoms with Crippen molar-refractivity contribution in [3.63, 3.8) is 0 Å². The second-order valence-corrected chi connectivity index (χ2v) is 6.77. The molecule has 110 valence electrons. The summed E-state index contributed by atoms with van der Waals surface area (Å²) in [6.45, 7) is 5.68. The fourth-order valence-corrected chi connectivity index (χ4v) is 4.17. The first-order valence-corrected chi connectivity index (χ1v) is 8.03. The first kappa shape index (κ1) is 14.8. The average Bonchev–Trinajstić information content (AvgIpc) is 2.85. The van der Waals surface area contributed by atoms with E-state index in [1.54, 1.807) is 0 Å². The molecule has 1 atom stereocenters. The van der Waals surface area contributed by atoms with E-state index in [2.05, 4.69) is 11.8 Å². The Labute approximate surface area is 117 Å². The predicted octanol–water partition coefficient (Wildman–Crippen LogP) is 3.53. The van der Waals surface area contributed by atoms with Gasteiger partial charge in [0.05, 0.1) is 5.92 Å². The number of rotatable bonds is 5. The Hall–Kier alpha value is -0.570. The Kier molecular flexibility index (Phi) is 4.88. The minimum Gasteiger partial charge on any atom is -0.481 e. The van der Waals surface area contributed by atoms with Crippen molar-refractivity contribution in [1.82, 2.24) is 4.90 Å². The first-order valence-electron chi connectivity index (χ1n) is 8.03. The van der Waals surface area contributed by atoms with Gasteiger partial charge in [-0.15, -0.1) is 0 Å². The van der Waals surface area contributed by atoms with Crippen LogP contribution in [0.25, 0.3) is 0 Å². The molecule has 0 aromatic carbocycles. The predicted molar refractivity (Wildman–Crippen MR) is 77.2 cm³/mol. The minimum atomic E-state index is -0.665. The van der Waals surface area contributed by atoms with Gasteiger partial charge in [0.15, 0.2) is 0 Å². The van der Waals surface area contributed by atoms with Crippen molar-refractivity contribution in [3.05, 3.63) is 0 Å². The van der Waals surface area contributed by atoms with E-state index >= 15 is 0 Å². The van der Waals surface area contributed by atoms with Crippen LogP contribution in [-0.2, 0) is 4.79 Å². The van der Waals surface area contributed by atoms with E-state index in [1.165, 1.54) is 51.4 Å². The van der Waals surface area contributed by atoms with Crippen molar-refractivity contribution < 1.29 is 9.90 Å². The molecule has 19 heavy (non-hydrogen) atoms. The van der Waals surface area contributed by atoms with Gasteiger partial charge in [-0.25, -0.2) is 0 Å². The first-order chi connectivity index (χ1) is 9.06. The van der Waals surface area contributed by atoms with Crippen LogP contribution in [0.3, 0.4) is 0 Å². The van der Waals surface area contributed by atoms with E-state index in [-0.39, 0.29) is 5.92 Å². The largest absolute Gasteiger partial charge is 0.481 e. The van der Waals surface area contributed by atoms with Gasteiger partial charge >= 0.3 is 5.97 Å². The molecule has 3 heteroatoms. The summed E-state index contributed by atoms with van der Waals surface area (Å²) in [7, 11) is 0. The van der Waals surface area contributed by atoms with Crippen molar-refractivity contribution >= 4 is 5.97 Å². The highest BCUT2D eigenvalue weighted by atomic mass is 16.4. The zero-order valence-electron chi connectivity index (χ0n) is 12.5. The lowest BCUT2D eigenvalue weighted by Gasteiger charge is -2.42. The van der Waals surface area contributed by atoms with Crippen LogP contribution < -0.4 is 0 Å². The summed E-state index contributed by atoms with van der Waals surface area (Å²) in [4.78, 5) is 13.4. The maximum absolute atomic E-state index is 11.0. The molecule has 2 saturated carbocycles. The highest BCUT2D eigenvalue weighted by Gasteiger charge is 2.38. The highest BCUT2D eigenvalue weighted by molar-refractivity contribution is 5.69. The van der Waals surface area contributed by atoms with Crippen LogP contribution in [-0.4, -0.2) is 35.1 Å². The van der Waals surface area contributed by atoms with Crippen LogP contribution in [0.5, 0.6) is 0 Å². The summed E-state index contributed by atoms with van der Waals surface area (Å²) < 4.78 is 0. The Morgan fingerprint density at radius 1 is 1.26 bits per heavy atom. The molecule has 0 radical (unpaired) electrons. The molecule has 2 rings (SSSR count). The maximum atomic E-state index is 11.0. The summed E-state index contributed by atoms with van der Waals surface area (Å²) in [5.41, 5.74) is 0.675. The summed E-state index contributed by atoms with van der Waals surface area (Å²) in [6, 6.07) is 0.623. The third-order valence-corrected chi connectivity index (χ3v) is 5.53. The molecule has 2 aliphatic rings. The second kappa shape index (κ2) is 6.25. The number of hydrogen-bond donors (Lipinski definition) is 1. The Morgan fingerprint density at radius 2 is 1.84 bits per heavy atom. The zero-order chi connectivity index (χ0) is 13.9. The van der Waals surface area contributed by atoms with Gasteiger partial charge in [-0.2, -0.15) is 0 Å². The third-order valence-electron chi connectivity index (χ3n) is 5.53. The lowest BCUT2D eigenvalue weighted by Crippen LogP contribution is -2.43. The van der Waals surface area contributed by atoms with Crippen LogP contribution >= 0.6 is 0 Å². The van der Waals surface area contributed by atoms with E-state index in [9.17, 15) is 4.79 Å². The quantitative estimate of drug-likeness (QED) is 0.828. The van der Waals surface area contributed by atoms with Gasteiger partial charge in [0.1, 0.15) is 0 Å². The second-order valence-electron chi connectivity index (χ2n) is 6.77. The van der Waals surface area contributed by atoms with Gasteiger partial charge in [0, 0.05) is 12.6 Å². The monoisotopic (exact) mass is 267 g/mol. The van der Waals surface area contributed by atoms with Crippen molar-refractivity contribution in [2.24, 2.45) is 11.3 Å². The van der Waals surface area contributed by atoms with Gasteiger partial charge in [-0.05, 0) is 50.5 Å². The van der Waals surface area contributed by atoms with Crippen molar-refractivity contribution in [3.8, 4) is 0 Å². The van der Waals surface area contributed by atoms with Crippen molar-refractivity contribution in [2.75, 3.05) is 13.1 Å². The van der Waals surface area contributed by atoms with Gasteiger partial charge < -0.3 is 5.11 Å². The lowest BCUT2D eigenvalue weighted by atomic mass is 9.71. The normalized spacial score (nSPS) is 25.0. The molecule has 0 aromatic heterocycles.